The van der Waals surface area contributed by atoms with Crippen molar-refractivity contribution in [1.29, 1.82) is 0 Å². The molecule has 1 unspecified atom stereocenters. The zero-order valence-electron chi connectivity index (χ0n) is 12.1. The molecule has 1 N–H and O–H groups in total. The molecule has 0 bridgehead atoms. The van der Waals surface area contributed by atoms with Crippen molar-refractivity contribution in [2.45, 2.75) is 19.4 Å². The van der Waals surface area contributed by atoms with Gasteiger partial charge < -0.3 is 10.1 Å². The highest BCUT2D eigenvalue weighted by molar-refractivity contribution is 9.10. The van der Waals surface area contributed by atoms with Gasteiger partial charge in [0, 0.05) is 21.3 Å². The third-order valence-electron chi connectivity index (χ3n) is 3.15. The number of halogens is 2. The third-order valence-corrected chi connectivity index (χ3v) is 3.85. The smallest absolute Gasteiger partial charge is 0.124 e. The molecule has 0 fully saturated rings. The molecule has 1 aromatic carbocycles. The highest BCUT2D eigenvalue weighted by atomic mass is 79.9. The molecule has 112 valence electrons. The molecule has 0 aliphatic heterocycles. The first-order chi connectivity index (χ1) is 10.2. The van der Waals surface area contributed by atoms with Crippen molar-refractivity contribution in [2.24, 2.45) is 0 Å². The molecule has 1 aromatic heterocycles. The molecule has 5 heteroatoms. The van der Waals surface area contributed by atoms with Crippen LogP contribution in [0.3, 0.4) is 0 Å². The molecule has 1 heterocycles. The minimum absolute atomic E-state index is 0.0494. The quantitative estimate of drug-likeness (QED) is 0.808. The Kier molecular flexibility index (Phi) is 6.03. The van der Waals surface area contributed by atoms with Gasteiger partial charge in [-0.25, -0.2) is 0 Å². The summed E-state index contributed by atoms with van der Waals surface area (Å²) in [6, 6.07) is 9.58. The summed E-state index contributed by atoms with van der Waals surface area (Å²) in [7, 11) is 1.67. The molecule has 0 spiro atoms. The van der Waals surface area contributed by atoms with Crippen molar-refractivity contribution < 1.29 is 4.74 Å². The van der Waals surface area contributed by atoms with Gasteiger partial charge in [-0.05, 0) is 59.2 Å². The number of pyridine rings is 1. The number of aromatic nitrogens is 1. The minimum Gasteiger partial charge on any atom is -0.496 e. The van der Waals surface area contributed by atoms with Gasteiger partial charge in [0.25, 0.3) is 0 Å². The summed E-state index contributed by atoms with van der Waals surface area (Å²) in [5.74, 6) is 0.803. The first kappa shape index (κ1) is 16.3. The maximum atomic E-state index is 6.15. The SMILES string of the molecule is CCCNC(c1ccc(Br)cn1)c1cc(Cl)ccc1OC. The van der Waals surface area contributed by atoms with E-state index in [9.17, 15) is 0 Å². The van der Waals surface area contributed by atoms with Crippen LogP contribution in [0.15, 0.2) is 41.0 Å². The van der Waals surface area contributed by atoms with Crippen LogP contribution in [0.4, 0.5) is 0 Å². The van der Waals surface area contributed by atoms with Crippen LogP contribution in [0.5, 0.6) is 5.75 Å². The molecule has 0 radical (unpaired) electrons. The zero-order chi connectivity index (χ0) is 15.2. The second-order valence-electron chi connectivity index (χ2n) is 4.67. The minimum atomic E-state index is -0.0494. The van der Waals surface area contributed by atoms with Gasteiger partial charge in [0.2, 0.25) is 0 Å². The van der Waals surface area contributed by atoms with E-state index in [4.69, 9.17) is 16.3 Å². The monoisotopic (exact) mass is 368 g/mol. The number of hydrogen-bond donors (Lipinski definition) is 1. The number of rotatable bonds is 6. The van der Waals surface area contributed by atoms with Crippen LogP contribution in [-0.4, -0.2) is 18.6 Å². The van der Waals surface area contributed by atoms with Gasteiger partial charge in [-0.3, -0.25) is 4.98 Å². The fourth-order valence-electron chi connectivity index (χ4n) is 2.15. The number of methoxy groups -OCH3 is 1. The van der Waals surface area contributed by atoms with E-state index in [1.54, 1.807) is 13.3 Å². The lowest BCUT2D eigenvalue weighted by Gasteiger charge is -2.21. The Hall–Kier alpha value is -1.10. The standard InChI is InChI=1S/C16H18BrClN2O/c1-3-8-19-16(14-6-4-11(17)10-20-14)13-9-12(18)5-7-15(13)21-2/h4-7,9-10,16,19H,3,8H2,1-2H3. The Morgan fingerprint density at radius 3 is 2.76 bits per heavy atom. The second kappa shape index (κ2) is 7.78. The van der Waals surface area contributed by atoms with Crippen LogP contribution in [0.25, 0.3) is 0 Å². The number of ether oxygens (including phenoxy) is 1. The van der Waals surface area contributed by atoms with Gasteiger partial charge in [0.05, 0.1) is 18.8 Å². The van der Waals surface area contributed by atoms with Crippen molar-refractivity contribution in [3.63, 3.8) is 0 Å². The van der Waals surface area contributed by atoms with E-state index in [0.717, 1.165) is 34.4 Å². The first-order valence-electron chi connectivity index (χ1n) is 6.84. The Morgan fingerprint density at radius 2 is 2.14 bits per heavy atom. The topological polar surface area (TPSA) is 34.2 Å². The predicted octanol–water partition coefficient (Wildman–Crippen LogP) is 4.60. The fourth-order valence-corrected chi connectivity index (χ4v) is 2.57. The van der Waals surface area contributed by atoms with Crippen molar-refractivity contribution in [3.8, 4) is 5.75 Å². The van der Waals surface area contributed by atoms with Gasteiger partial charge in [0.1, 0.15) is 5.75 Å². The molecule has 1 atom stereocenters. The lowest BCUT2D eigenvalue weighted by molar-refractivity contribution is 0.403. The summed E-state index contributed by atoms with van der Waals surface area (Å²) in [6.45, 7) is 3.02. The summed E-state index contributed by atoms with van der Waals surface area (Å²) in [4.78, 5) is 4.50. The van der Waals surface area contributed by atoms with Crippen molar-refractivity contribution in [3.05, 3.63) is 57.3 Å². The van der Waals surface area contributed by atoms with Crippen LogP contribution in [0.2, 0.25) is 5.02 Å². The number of benzene rings is 1. The summed E-state index contributed by atoms with van der Waals surface area (Å²) in [5, 5.41) is 4.19. The van der Waals surface area contributed by atoms with E-state index in [-0.39, 0.29) is 6.04 Å². The second-order valence-corrected chi connectivity index (χ2v) is 6.03. The summed E-state index contributed by atoms with van der Waals surface area (Å²) in [6.07, 6.45) is 2.84. The van der Waals surface area contributed by atoms with Crippen molar-refractivity contribution in [1.82, 2.24) is 10.3 Å². The van der Waals surface area contributed by atoms with E-state index in [1.807, 2.05) is 30.3 Å². The first-order valence-corrected chi connectivity index (χ1v) is 8.01. The maximum Gasteiger partial charge on any atom is 0.124 e. The van der Waals surface area contributed by atoms with Gasteiger partial charge in [-0.1, -0.05) is 18.5 Å². The Morgan fingerprint density at radius 1 is 1.33 bits per heavy atom. The number of nitrogens with one attached hydrogen (secondary N) is 1. The molecule has 3 nitrogen and oxygen atoms in total. The Bertz CT molecular complexity index is 589. The van der Waals surface area contributed by atoms with Crippen LogP contribution in [-0.2, 0) is 0 Å². The molecule has 0 amide bonds. The summed E-state index contributed by atoms with van der Waals surface area (Å²) < 4.78 is 6.43. The Balaban J connectivity index is 2.44. The molecular weight excluding hydrogens is 352 g/mol. The average Bonchev–Trinajstić information content (AvgIpc) is 2.49. The summed E-state index contributed by atoms with van der Waals surface area (Å²) in [5.41, 5.74) is 1.93. The van der Waals surface area contributed by atoms with E-state index in [2.05, 4.69) is 33.2 Å². The number of hydrogen-bond acceptors (Lipinski definition) is 3. The summed E-state index contributed by atoms with van der Waals surface area (Å²) >= 11 is 9.57. The predicted molar refractivity (Wildman–Crippen MR) is 90.1 cm³/mol. The van der Waals surface area contributed by atoms with Crippen LogP contribution in [0.1, 0.15) is 30.6 Å². The third kappa shape index (κ3) is 4.19. The molecule has 2 aromatic rings. The average molecular weight is 370 g/mol. The van der Waals surface area contributed by atoms with Crippen molar-refractivity contribution in [2.75, 3.05) is 13.7 Å². The highest BCUT2D eigenvalue weighted by Crippen LogP contribution is 2.32. The molecule has 0 aliphatic rings. The fraction of sp³-hybridized carbons (Fsp3) is 0.312. The molecule has 21 heavy (non-hydrogen) atoms. The maximum absolute atomic E-state index is 6.15. The normalized spacial score (nSPS) is 12.2. The van der Waals surface area contributed by atoms with Crippen molar-refractivity contribution >= 4 is 27.5 Å². The molecule has 0 saturated carbocycles. The van der Waals surface area contributed by atoms with Crippen LogP contribution in [0, 0.1) is 0 Å². The molecular formula is C16H18BrClN2O. The van der Waals surface area contributed by atoms with E-state index in [1.165, 1.54) is 0 Å². The lowest BCUT2D eigenvalue weighted by atomic mass is 10.0. The van der Waals surface area contributed by atoms with Gasteiger partial charge >= 0.3 is 0 Å². The van der Waals surface area contributed by atoms with E-state index in [0.29, 0.717) is 5.02 Å². The Labute approximate surface area is 138 Å². The highest BCUT2D eigenvalue weighted by Gasteiger charge is 2.19. The van der Waals surface area contributed by atoms with Crippen LogP contribution < -0.4 is 10.1 Å². The zero-order valence-corrected chi connectivity index (χ0v) is 14.4. The van der Waals surface area contributed by atoms with E-state index < -0.39 is 0 Å². The van der Waals surface area contributed by atoms with Gasteiger partial charge in [0.15, 0.2) is 0 Å². The van der Waals surface area contributed by atoms with Gasteiger partial charge in [-0.15, -0.1) is 0 Å². The van der Waals surface area contributed by atoms with Gasteiger partial charge in [-0.2, -0.15) is 0 Å². The largest absolute Gasteiger partial charge is 0.496 e. The molecule has 0 aliphatic carbocycles. The lowest BCUT2D eigenvalue weighted by Crippen LogP contribution is -2.24. The van der Waals surface area contributed by atoms with E-state index >= 15 is 0 Å². The molecule has 0 saturated heterocycles. The number of nitrogens with zero attached hydrogens (tertiary/aromatic N) is 1. The molecule has 2 rings (SSSR count). The van der Waals surface area contributed by atoms with Crippen LogP contribution >= 0.6 is 27.5 Å².